The SMILES string of the molecule is NC1CCCCN(c2ccc3c(c2)C(=O)N(C2CCC(=O)NC2=O)C3=O)C1. The van der Waals surface area contributed by atoms with Crippen LogP contribution in [0, 0.1) is 0 Å². The molecule has 3 heterocycles. The Morgan fingerprint density at radius 1 is 1.00 bits per heavy atom. The van der Waals surface area contributed by atoms with Crippen LogP contribution in [0.15, 0.2) is 18.2 Å². The summed E-state index contributed by atoms with van der Waals surface area (Å²) in [6.07, 6.45) is 3.34. The van der Waals surface area contributed by atoms with E-state index in [9.17, 15) is 19.2 Å². The summed E-state index contributed by atoms with van der Waals surface area (Å²) in [5, 5.41) is 2.20. The van der Waals surface area contributed by atoms with Gasteiger partial charge in [0.1, 0.15) is 6.04 Å². The van der Waals surface area contributed by atoms with Gasteiger partial charge in [-0.15, -0.1) is 0 Å². The summed E-state index contributed by atoms with van der Waals surface area (Å²) >= 11 is 0. The Hall–Kier alpha value is -2.74. The standard InChI is InChI=1S/C19H22N4O4/c20-11-3-1-2-8-22(10-11)12-4-5-13-14(9-12)19(27)23(18(13)26)15-6-7-16(24)21-17(15)25/h4-5,9,11,15H,1-3,6-8,10,20H2,(H,21,24,25). The van der Waals surface area contributed by atoms with Gasteiger partial charge in [0.15, 0.2) is 0 Å². The molecule has 3 N–H and O–H groups in total. The van der Waals surface area contributed by atoms with Crippen LogP contribution in [0.5, 0.6) is 0 Å². The number of rotatable bonds is 2. The Morgan fingerprint density at radius 2 is 1.78 bits per heavy atom. The molecule has 4 amide bonds. The highest BCUT2D eigenvalue weighted by molar-refractivity contribution is 6.23. The summed E-state index contributed by atoms with van der Waals surface area (Å²) in [5.74, 6) is -1.94. The lowest BCUT2D eigenvalue weighted by molar-refractivity contribution is -0.136. The number of amides is 4. The first-order valence-corrected chi connectivity index (χ1v) is 9.32. The van der Waals surface area contributed by atoms with E-state index < -0.39 is 23.8 Å². The second-order valence-electron chi connectivity index (χ2n) is 7.38. The maximum Gasteiger partial charge on any atom is 0.262 e. The lowest BCUT2D eigenvalue weighted by Gasteiger charge is -2.27. The molecule has 3 aliphatic rings. The monoisotopic (exact) mass is 370 g/mol. The van der Waals surface area contributed by atoms with Gasteiger partial charge in [-0.1, -0.05) is 6.42 Å². The molecule has 2 saturated heterocycles. The third-order valence-electron chi connectivity index (χ3n) is 5.50. The van der Waals surface area contributed by atoms with Crippen molar-refractivity contribution in [2.24, 2.45) is 5.73 Å². The van der Waals surface area contributed by atoms with E-state index in [2.05, 4.69) is 10.2 Å². The first-order chi connectivity index (χ1) is 13.0. The van der Waals surface area contributed by atoms with E-state index in [1.807, 2.05) is 6.07 Å². The average Bonchev–Trinajstić information content (AvgIpc) is 2.78. The van der Waals surface area contributed by atoms with Crippen molar-refractivity contribution in [2.45, 2.75) is 44.2 Å². The zero-order valence-corrected chi connectivity index (χ0v) is 14.9. The van der Waals surface area contributed by atoms with Crippen LogP contribution >= 0.6 is 0 Å². The maximum absolute atomic E-state index is 12.9. The van der Waals surface area contributed by atoms with E-state index in [0.717, 1.165) is 36.4 Å². The highest BCUT2D eigenvalue weighted by atomic mass is 16.2. The van der Waals surface area contributed by atoms with Crippen molar-refractivity contribution in [3.63, 3.8) is 0 Å². The molecule has 27 heavy (non-hydrogen) atoms. The molecule has 8 nitrogen and oxygen atoms in total. The van der Waals surface area contributed by atoms with Gasteiger partial charge in [-0.25, -0.2) is 0 Å². The third kappa shape index (κ3) is 3.10. The van der Waals surface area contributed by atoms with Crippen LogP contribution in [0.3, 0.4) is 0 Å². The van der Waals surface area contributed by atoms with Crippen molar-refractivity contribution in [3.05, 3.63) is 29.3 Å². The van der Waals surface area contributed by atoms with Crippen molar-refractivity contribution >= 4 is 29.3 Å². The quantitative estimate of drug-likeness (QED) is 0.729. The molecule has 2 fully saturated rings. The van der Waals surface area contributed by atoms with E-state index in [1.165, 1.54) is 0 Å². The predicted molar refractivity (Wildman–Crippen MR) is 97.2 cm³/mol. The minimum atomic E-state index is -0.940. The third-order valence-corrected chi connectivity index (χ3v) is 5.50. The van der Waals surface area contributed by atoms with Gasteiger partial charge in [0.25, 0.3) is 11.8 Å². The first kappa shape index (κ1) is 17.7. The molecule has 1 aromatic carbocycles. The minimum absolute atomic E-state index is 0.0815. The number of nitrogens with two attached hydrogens (primary N) is 1. The molecule has 1 aromatic rings. The lowest BCUT2D eigenvalue weighted by Crippen LogP contribution is -2.54. The molecule has 3 aliphatic heterocycles. The van der Waals surface area contributed by atoms with Crippen molar-refractivity contribution < 1.29 is 19.2 Å². The second kappa shape index (κ2) is 6.77. The fraction of sp³-hybridized carbons (Fsp3) is 0.474. The van der Waals surface area contributed by atoms with Gasteiger partial charge in [0.2, 0.25) is 11.8 Å². The summed E-state index contributed by atoms with van der Waals surface area (Å²) in [6, 6.07) is 4.34. The number of benzene rings is 1. The lowest BCUT2D eigenvalue weighted by atomic mass is 10.0. The summed E-state index contributed by atoms with van der Waals surface area (Å²) in [6.45, 7) is 1.56. The van der Waals surface area contributed by atoms with Crippen molar-refractivity contribution in [1.29, 1.82) is 0 Å². The number of imide groups is 2. The molecule has 0 bridgehead atoms. The van der Waals surface area contributed by atoms with Crippen LogP contribution < -0.4 is 16.0 Å². The van der Waals surface area contributed by atoms with Gasteiger partial charge in [-0.3, -0.25) is 29.4 Å². The molecule has 0 aromatic heterocycles. The van der Waals surface area contributed by atoms with Gasteiger partial charge in [0.05, 0.1) is 11.1 Å². The summed E-state index contributed by atoms with van der Waals surface area (Å²) in [5.41, 5.74) is 7.59. The second-order valence-corrected chi connectivity index (χ2v) is 7.38. The summed E-state index contributed by atoms with van der Waals surface area (Å²) < 4.78 is 0. The van der Waals surface area contributed by atoms with Crippen LogP contribution in [-0.4, -0.2) is 53.7 Å². The molecule has 0 aliphatic carbocycles. The zero-order valence-electron chi connectivity index (χ0n) is 14.9. The van der Waals surface area contributed by atoms with E-state index in [-0.39, 0.29) is 24.8 Å². The fourth-order valence-electron chi connectivity index (χ4n) is 4.07. The van der Waals surface area contributed by atoms with Crippen molar-refractivity contribution in [2.75, 3.05) is 18.0 Å². The first-order valence-electron chi connectivity index (χ1n) is 9.32. The zero-order chi connectivity index (χ0) is 19.1. The van der Waals surface area contributed by atoms with Gasteiger partial charge >= 0.3 is 0 Å². The molecule has 8 heteroatoms. The van der Waals surface area contributed by atoms with Gasteiger partial charge < -0.3 is 10.6 Å². The summed E-state index contributed by atoms with van der Waals surface area (Å²) in [4.78, 5) is 52.2. The number of anilines is 1. The highest BCUT2D eigenvalue weighted by Crippen LogP contribution is 2.31. The Bertz CT molecular complexity index is 837. The van der Waals surface area contributed by atoms with Gasteiger partial charge in [0, 0.05) is 31.2 Å². The molecular formula is C19H22N4O4. The van der Waals surface area contributed by atoms with E-state index in [4.69, 9.17) is 5.73 Å². The Morgan fingerprint density at radius 3 is 2.56 bits per heavy atom. The smallest absolute Gasteiger partial charge is 0.262 e. The maximum atomic E-state index is 12.9. The molecule has 0 radical (unpaired) electrons. The van der Waals surface area contributed by atoms with Crippen molar-refractivity contribution in [1.82, 2.24) is 10.2 Å². The molecule has 0 spiro atoms. The summed E-state index contributed by atoms with van der Waals surface area (Å²) in [7, 11) is 0. The van der Waals surface area contributed by atoms with Crippen molar-refractivity contribution in [3.8, 4) is 0 Å². The normalized spacial score (nSPS) is 26.1. The van der Waals surface area contributed by atoms with Crippen LogP contribution in [-0.2, 0) is 9.59 Å². The van der Waals surface area contributed by atoms with Crippen LogP contribution in [0.25, 0.3) is 0 Å². The largest absolute Gasteiger partial charge is 0.370 e. The number of hydrogen-bond donors (Lipinski definition) is 2. The Balaban J connectivity index is 1.62. The Labute approximate surface area is 156 Å². The number of carbonyl (C=O) groups excluding carboxylic acids is 4. The number of piperidine rings is 1. The van der Waals surface area contributed by atoms with E-state index in [1.54, 1.807) is 12.1 Å². The van der Waals surface area contributed by atoms with Gasteiger partial charge in [-0.05, 0) is 37.5 Å². The van der Waals surface area contributed by atoms with E-state index in [0.29, 0.717) is 17.7 Å². The van der Waals surface area contributed by atoms with Crippen LogP contribution in [0.2, 0.25) is 0 Å². The molecule has 0 saturated carbocycles. The number of nitrogens with zero attached hydrogens (tertiary/aromatic N) is 2. The average molecular weight is 370 g/mol. The molecule has 2 unspecified atom stereocenters. The van der Waals surface area contributed by atoms with Gasteiger partial charge in [-0.2, -0.15) is 0 Å². The Kier molecular flexibility index (Phi) is 4.43. The number of fused-ring (bicyclic) bond motifs is 1. The number of carbonyl (C=O) groups is 4. The fourth-order valence-corrected chi connectivity index (χ4v) is 4.07. The highest BCUT2D eigenvalue weighted by Gasteiger charge is 2.44. The minimum Gasteiger partial charge on any atom is -0.370 e. The predicted octanol–water partition coefficient (Wildman–Crippen LogP) is 0.405. The molecule has 2 atom stereocenters. The van der Waals surface area contributed by atoms with Crippen LogP contribution in [0.1, 0.15) is 52.8 Å². The molecule has 4 rings (SSSR count). The van der Waals surface area contributed by atoms with Crippen LogP contribution in [0.4, 0.5) is 5.69 Å². The molecule has 142 valence electrons. The topological polar surface area (TPSA) is 113 Å². The molecular weight excluding hydrogens is 348 g/mol. The van der Waals surface area contributed by atoms with E-state index >= 15 is 0 Å². The number of nitrogens with one attached hydrogen (secondary N) is 1. The number of hydrogen-bond acceptors (Lipinski definition) is 6.